The first-order valence-electron chi connectivity index (χ1n) is 6.34. The van der Waals surface area contributed by atoms with Gasteiger partial charge >= 0.3 is 0 Å². The average Bonchev–Trinajstić information content (AvgIpc) is 3.03. The van der Waals surface area contributed by atoms with Gasteiger partial charge in [-0.05, 0) is 0 Å². The fraction of sp³-hybridized carbons (Fsp3) is 0.700. The van der Waals surface area contributed by atoms with Crippen LogP contribution in [0.25, 0.3) is 0 Å². The number of aliphatic hydroxyl groups is 3. The van der Waals surface area contributed by atoms with Crippen LogP contribution in [0.15, 0.2) is 15.0 Å². The molecule has 0 radical (unpaired) electrons. The van der Waals surface area contributed by atoms with E-state index in [4.69, 9.17) is 21.4 Å². The fourth-order valence-electron chi connectivity index (χ4n) is 2.53. The lowest BCUT2D eigenvalue weighted by Gasteiger charge is -2.31. The maximum Gasteiger partial charge on any atom is 0.223 e. The van der Waals surface area contributed by atoms with Crippen molar-refractivity contribution in [3.63, 3.8) is 0 Å². The van der Waals surface area contributed by atoms with Crippen LogP contribution in [0.5, 0.6) is 0 Å². The number of aliphatic hydroxyl groups excluding tert-OH is 3. The molecule has 0 aromatic carbocycles. The minimum Gasteiger partial charge on any atom is -0.394 e. The molecule has 1 unspecified atom stereocenters. The van der Waals surface area contributed by atoms with Crippen LogP contribution in [0.4, 0.5) is 0 Å². The molecule has 0 bridgehead atoms. The third kappa shape index (κ3) is 2.06. The standard InChI is InChI=1S/C10H17N7O4/c11-10(16-12)7-8(13-2-15-10)17(3-14-7)9-6(20)5(19)4(1-18)21-9/h2,4-6,9,16,18-20H,1,3,11-12H2/t4-,5-,6-,9-,10?/m1/s1. The summed E-state index contributed by atoms with van der Waals surface area (Å²) < 4.78 is 5.45. The van der Waals surface area contributed by atoms with Crippen molar-refractivity contribution in [2.24, 2.45) is 26.6 Å². The first-order valence-corrected chi connectivity index (χ1v) is 6.34. The van der Waals surface area contributed by atoms with E-state index < -0.39 is 36.9 Å². The Balaban J connectivity index is 1.85. The number of nitrogens with two attached hydrogens (primary N) is 2. The zero-order chi connectivity index (χ0) is 15.2. The van der Waals surface area contributed by atoms with Gasteiger partial charge in [0, 0.05) is 0 Å². The van der Waals surface area contributed by atoms with Gasteiger partial charge in [0.25, 0.3) is 0 Å². The zero-order valence-corrected chi connectivity index (χ0v) is 11.0. The number of nitrogens with zero attached hydrogens (tertiary/aromatic N) is 4. The molecule has 0 aromatic rings. The number of fused-ring (bicyclic) bond motifs is 1. The summed E-state index contributed by atoms with van der Waals surface area (Å²) in [7, 11) is 0. The van der Waals surface area contributed by atoms with Crippen molar-refractivity contribution in [2.45, 2.75) is 30.3 Å². The van der Waals surface area contributed by atoms with Gasteiger partial charge in [-0.15, -0.1) is 0 Å². The quantitative estimate of drug-likeness (QED) is 0.172. The van der Waals surface area contributed by atoms with Gasteiger partial charge in [-0.25, -0.2) is 15.4 Å². The van der Waals surface area contributed by atoms with Crippen LogP contribution in [0, 0.1) is 0 Å². The number of amidine groups is 1. The van der Waals surface area contributed by atoms with Crippen LogP contribution in [-0.2, 0) is 4.74 Å². The van der Waals surface area contributed by atoms with Gasteiger partial charge in [0.05, 0.1) is 6.61 Å². The third-order valence-corrected chi connectivity index (χ3v) is 3.71. The van der Waals surface area contributed by atoms with E-state index in [1.54, 1.807) is 0 Å². The summed E-state index contributed by atoms with van der Waals surface area (Å²) in [4.78, 5) is 13.8. The maximum atomic E-state index is 10.1. The molecular weight excluding hydrogens is 282 g/mol. The summed E-state index contributed by atoms with van der Waals surface area (Å²) >= 11 is 0. The fourth-order valence-corrected chi connectivity index (χ4v) is 2.53. The Morgan fingerprint density at radius 1 is 1.48 bits per heavy atom. The van der Waals surface area contributed by atoms with Crippen LogP contribution in [-0.4, -0.2) is 81.7 Å². The number of hydrogen-bond donors (Lipinski definition) is 6. The molecule has 0 saturated carbocycles. The minimum atomic E-state index is -1.40. The first kappa shape index (κ1) is 14.5. The van der Waals surface area contributed by atoms with Crippen molar-refractivity contribution in [3.05, 3.63) is 0 Å². The SMILES string of the molecule is NNC1(N)N=CN=C2C1=NCN2[C@@H]1O[C@H](CO)[C@@H](O)[C@H]1O. The van der Waals surface area contributed by atoms with E-state index in [2.05, 4.69) is 20.4 Å². The molecule has 3 heterocycles. The molecule has 3 aliphatic rings. The highest BCUT2D eigenvalue weighted by Gasteiger charge is 2.50. The molecule has 1 saturated heterocycles. The molecule has 0 aliphatic carbocycles. The van der Waals surface area contributed by atoms with E-state index in [1.165, 1.54) is 11.2 Å². The topological polar surface area (TPSA) is 174 Å². The van der Waals surface area contributed by atoms with Gasteiger partial charge in [-0.2, -0.15) is 0 Å². The van der Waals surface area contributed by atoms with Gasteiger partial charge < -0.3 is 25.0 Å². The molecule has 8 N–H and O–H groups in total. The molecule has 0 aromatic heterocycles. The Hall–Kier alpha value is -1.47. The number of ether oxygens (including phenoxy) is 1. The molecule has 11 heteroatoms. The summed E-state index contributed by atoms with van der Waals surface area (Å²) in [5, 5.41) is 29.0. The van der Waals surface area contributed by atoms with E-state index >= 15 is 0 Å². The second kappa shape index (κ2) is 5.06. The summed E-state index contributed by atoms with van der Waals surface area (Å²) in [5.74, 6) is 4.34. The van der Waals surface area contributed by atoms with Crippen LogP contribution in [0.1, 0.15) is 0 Å². The number of rotatable bonds is 3. The molecule has 116 valence electrons. The zero-order valence-electron chi connectivity index (χ0n) is 11.0. The molecule has 21 heavy (non-hydrogen) atoms. The van der Waals surface area contributed by atoms with Gasteiger partial charge in [-0.1, -0.05) is 0 Å². The van der Waals surface area contributed by atoms with Crippen molar-refractivity contribution >= 4 is 17.9 Å². The summed E-state index contributed by atoms with van der Waals surface area (Å²) in [6.45, 7) is -0.292. The van der Waals surface area contributed by atoms with Crippen molar-refractivity contribution in [3.8, 4) is 0 Å². The highest BCUT2D eigenvalue weighted by atomic mass is 16.6. The van der Waals surface area contributed by atoms with Crippen molar-refractivity contribution in [1.82, 2.24) is 10.3 Å². The third-order valence-electron chi connectivity index (χ3n) is 3.71. The maximum absolute atomic E-state index is 10.1. The lowest BCUT2D eigenvalue weighted by Crippen LogP contribution is -2.65. The highest BCUT2D eigenvalue weighted by molar-refractivity contribution is 6.47. The highest BCUT2D eigenvalue weighted by Crippen LogP contribution is 2.28. The Morgan fingerprint density at radius 3 is 2.86 bits per heavy atom. The predicted molar refractivity (Wildman–Crippen MR) is 72.1 cm³/mol. The summed E-state index contributed by atoms with van der Waals surface area (Å²) in [6, 6.07) is 0. The van der Waals surface area contributed by atoms with Gasteiger partial charge in [0.2, 0.25) is 5.79 Å². The molecule has 1 fully saturated rings. The van der Waals surface area contributed by atoms with E-state index in [0.29, 0.717) is 11.5 Å². The summed E-state index contributed by atoms with van der Waals surface area (Å²) in [5.41, 5.74) is 8.62. The molecule has 3 rings (SSSR count). The minimum absolute atomic E-state index is 0.116. The Morgan fingerprint density at radius 2 is 2.24 bits per heavy atom. The Bertz CT molecular complexity index is 524. The molecule has 11 nitrogen and oxygen atoms in total. The number of aliphatic imine (C=N–C) groups is 3. The Kier molecular flexibility index (Phi) is 3.49. The number of hydrazine groups is 1. The molecule has 0 amide bonds. The second-order valence-electron chi connectivity index (χ2n) is 4.95. The number of hydrogen-bond acceptors (Lipinski definition) is 11. The van der Waals surface area contributed by atoms with Crippen molar-refractivity contribution in [1.29, 1.82) is 0 Å². The second-order valence-corrected chi connectivity index (χ2v) is 4.95. The smallest absolute Gasteiger partial charge is 0.223 e. The van der Waals surface area contributed by atoms with Gasteiger partial charge in [0.15, 0.2) is 12.1 Å². The number of nitrogens with one attached hydrogen (secondary N) is 1. The lowest BCUT2D eigenvalue weighted by molar-refractivity contribution is -0.0688. The van der Waals surface area contributed by atoms with Gasteiger partial charge in [0.1, 0.15) is 37.0 Å². The molecular formula is C10H17N7O4. The van der Waals surface area contributed by atoms with Crippen LogP contribution < -0.4 is 17.0 Å². The van der Waals surface area contributed by atoms with Crippen LogP contribution in [0.2, 0.25) is 0 Å². The van der Waals surface area contributed by atoms with Gasteiger partial charge in [-0.3, -0.25) is 16.6 Å². The first-order chi connectivity index (χ1) is 10.0. The molecule has 3 aliphatic heterocycles. The lowest BCUT2D eigenvalue weighted by atomic mass is 10.1. The van der Waals surface area contributed by atoms with Crippen LogP contribution in [0.3, 0.4) is 0 Å². The Labute approximate surface area is 119 Å². The van der Waals surface area contributed by atoms with Crippen LogP contribution >= 0.6 is 0 Å². The van der Waals surface area contributed by atoms with Crippen molar-refractivity contribution < 1.29 is 20.1 Å². The van der Waals surface area contributed by atoms with E-state index in [1.807, 2.05) is 0 Å². The molecule has 5 atom stereocenters. The van der Waals surface area contributed by atoms with E-state index in [9.17, 15) is 10.2 Å². The predicted octanol–water partition coefficient (Wildman–Crippen LogP) is -4.34. The normalized spacial score (nSPS) is 42.0. The van der Waals surface area contributed by atoms with E-state index in [0.717, 1.165) is 0 Å². The average molecular weight is 299 g/mol. The largest absolute Gasteiger partial charge is 0.394 e. The van der Waals surface area contributed by atoms with Crippen molar-refractivity contribution in [2.75, 3.05) is 13.3 Å². The summed E-state index contributed by atoms with van der Waals surface area (Å²) in [6.07, 6.45) is -2.95. The van der Waals surface area contributed by atoms with E-state index in [-0.39, 0.29) is 6.67 Å². The monoisotopic (exact) mass is 299 g/mol. The molecule has 0 spiro atoms.